The predicted octanol–water partition coefficient (Wildman–Crippen LogP) is 3.65. The van der Waals surface area contributed by atoms with Crippen LogP contribution in [0.3, 0.4) is 0 Å². The third-order valence-corrected chi connectivity index (χ3v) is 4.08. The summed E-state index contributed by atoms with van der Waals surface area (Å²) < 4.78 is 11.1. The van der Waals surface area contributed by atoms with Crippen LogP contribution in [0.25, 0.3) is 0 Å². The zero-order valence-corrected chi connectivity index (χ0v) is 16.0. The third kappa shape index (κ3) is 6.08. The van der Waals surface area contributed by atoms with Crippen LogP contribution in [0.4, 0.5) is 5.69 Å². The van der Waals surface area contributed by atoms with Crippen molar-refractivity contribution in [1.82, 2.24) is 4.90 Å². The molecule has 0 aromatic heterocycles. The molecule has 0 aliphatic heterocycles. The smallest absolute Gasteiger partial charge is 0.238 e. The molecule has 0 unspecified atom stereocenters. The van der Waals surface area contributed by atoms with Crippen LogP contribution in [0.1, 0.15) is 17.5 Å². The third-order valence-electron chi connectivity index (χ3n) is 4.08. The second-order valence-corrected chi connectivity index (χ2v) is 6.46. The molecule has 0 radical (unpaired) electrons. The van der Waals surface area contributed by atoms with E-state index in [2.05, 4.69) is 5.32 Å². The molecule has 1 amide bonds. The Bertz CT molecular complexity index is 731. The number of ether oxygens (including phenoxy) is 2. The van der Waals surface area contributed by atoms with Crippen LogP contribution in [-0.2, 0) is 4.79 Å². The van der Waals surface area contributed by atoms with E-state index in [-0.39, 0.29) is 5.91 Å². The topological polar surface area (TPSA) is 50.8 Å². The molecule has 5 heteroatoms. The van der Waals surface area contributed by atoms with Crippen molar-refractivity contribution in [2.75, 3.05) is 39.2 Å². The fraction of sp³-hybridized carbons (Fsp3) is 0.381. The largest absolute Gasteiger partial charge is 0.495 e. The highest BCUT2D eigenvalue weighted by Crippen LogP contribution is 2.25. The molecule has 140 valence electrons. The Hall–Kier alpha value is -2.53. The number of carbonyl (C=O) groups is 1. The molecule has 0 aliphatic carbocycles. The summed E-state index contributed by atoms with van der Waals surface area (Å²) in [6.45, 7) is 5.75. The Morgan fingerprint density at radius 3 is 2.62 bits per heavy atom. The number of hydrogen-bond donors (Lipinski definition) is 1. The molecule has 2 rings (SSSR count). The number of benzene rings is 2. The number of para-hydroxylation sites is 1. The van der Waals surface area contributed by atoms with E-state index in [1.165, 1.54) is 0 Å². The molecule has 0 heterocycles. The van der Waals surface area contributed by atoms with Gasteiger partial charge in [0.15, 0.2) is 0 Å². The molecule has 2 aromatic rings. The Morgan fingerprint density at radius 2 is 1.88 bits per heavy atom. The number of carbonyl (C=O) groups excluding carboxylic acids is 1. The van der Waals surface area contributed by atoms with Gasteiger partial charge in [-0.2, -0.15) is 0 Å². The lowest BCUT2D eigenvalue weighted by atomic mass is 10.2. The standard InChI is InChI=1S/C21H28N2O3/c1-16-10-11-20(25-4)18(14-16)22-21(24)15-23(3)12-7-13-26-19-9-6-5-8-17(19)2/h5-6,8-11,14H,7,12-13,15H2,1-4H3,(H,22,24). The number of nitrogens with one attached hydrogen (secondary N) is 1. The van der Waals surface area contributed by atoms with E-state index in [0.717, 1.165) is 29.8 Å². The highest BCUT2D eigenvalue weighted by Gasteiger charge is 2.10. The maximum Gasteiger partial charge on any atom is 0.238 e. The highest BCUT2D eigenvalue weighted by atomic mass is 16.5. The second kappa shape index (κ2) is 9.82. The lowest BCUT2D eigenvalue weighted by Gasteiger charge is -2.17. The van der Waals surface area contributed by atoms with Crippen molar-refractivity contribution >= 4 is 11.6 Å². The van der Waals surface area contributed by atoms with Crippen molar-refractivity contribution in [3.05, 3.63) is 53.6 Å². The minimum absolute atomic E-state index is 0.0591. The van der Waals surface area contributed by atoms with Gasteiger partial charge in [-0.1, -0.05) is 24.3 Å². The summed E-state index contributed by atoms with van der Waals surface area (Å²) in [6, 6.07) is 13.7. The van der Waals surface area contributed by atoms with Crippen molar-refractivity contribution in [3.8, 4) is 11.5 Å². The number of amides is 1. The maximum atomic E-state index is 12.3. The molecule has 0 saturated carbocycles. The number of hydrogen-bond acceptors (Lipinski definition) is 4. The van der Waals surface area contributed by atoms with Gasteiger partial charge in [0.05, 0.1) is 25.9 Å². The van der Waals surface area contributed by atoms with Gasteiger partial charge in [0.1, 0.15) is 11.5 Å². The number of aryl methyl sites for hydroxylation is 2. The van der Waals surface area contributed by atoms with Crippen LogP contribution in [0.2, 0.25) is 0 Å². The van der Waals surface area contributed by atoms with Gasteiger partial charge in [0.25, 0.3) is 0 Å². The lowest BCUT2D eigenvalue weighted by molar-refractivity contribution is -0.117. The summed E-state index contributed by atoms with van der Waals surface area (Å²) in [7, 11) is 3.53. The summed E-state index contributed by atoms with van der Waals surface area (Å²) in [5.41, 5.74) is 2.91. The number of rotatable bonds is 9. The zero-order valence-electron chi connectivity index (χ0n) is 16.0. The van der Waals surface area contributed by atoms with Gasteiger partial charge in [0.2, 0.25) is 5.91 Å². The molecule has 2 aromatic carbocycles. The Morgan fingerprint density at radius 1 is 1.12 bits per heavy atom. The first-order chi connectivity index (χ1) is 12.5. The summed E-state index contributed by atoms with van der Waals surface area (Å²) in [4.78, 5) is 14.2. The van der Waals surface area contributed by atoms with E-state index in [1.54, 1.807) is 7.11 Å². The number of methoxy groups -OCH3 is 1. The van der Waals surface area contributed by atoms with Crippen LogP contribution in [0, 0.1) is 13.8 Å². The minimum Gasteiger partial charge on any atom is -0.495 e. The van der Waals surface area contributed by atoms with E-state index in [1.807, 2.05) is 68.3 Å². The monoisotopic (exact) mass is 356 g/mol. The lowest BCUT2D eigenvalue weighted by Crippen LogP contribution is -2.31. The normalized spacial score (nSPS) is 10.7. The quantitative estimate of drug-likeness (QED) is 0.697. The molecule has 0 saturated heterocycles. The summed E-state index contributed by atoms with van der Waals surface area (Å²) in [5, 5.41) is 2.92. The number of anilines is 1. The van der Waals surface area contributed by atoms with Gasteiger partial charge < -0.3 is 14.8 Å². The first-order valence-electron chi connectivity index (χ1n) is 8.81. The SMILES string of the molecule is COc1ccc(C)cc1NC(=O)CN(C)CCCOc1ccccc1C. The fourth-order valence-corrected chi connectivity index (χ4v) is 2.67. The maximum absolute atomic E-state index is 12.3. The van der Waals surface area contributed by atoms with Crippen LogP contribution in [0.15, 0.2) is 42.5 Å². The molecule has 0 atom stereocenters. The molecule has 1 N–H and O–H groups in total. The number of likely N-dealkylation sites (N-methyl/N-ethyl adjacent to an activating group) is 1. The molecular weight excluding hydrogens is 328 g/mol. The van der Waals surface area contributed by atoms with Crippen molar-refractivity contribution in [2.45, 2.75) is 20.3 Å². The molecule has 0 bridgehead atoms. The highest BCUT2D eigenvalue weighted by molar-refractivity contribution is 5.93. The van der Waals surface area contributed by atoms with Gasteiger partial charge >= 0.3 is 0 Å². The summed E-state index contributed by atoms with van der Waals surface area (Å²) in [6.07, 6.45) is 0.853. The van der Waals surface area contributed by atoms with Gasteiger partial charge in [0, 0.05) is 6.54 Å². The summed E-state index contributed by atoms with van der Waals surface area (Å²) in [5.74, 6) is 1.52. The van der Waals surface area contributed by atoms with Gasteiger partial charge in [-0.25, -0.2) is 0 Å². The van der Waals surface area contributed by atoms with E-state index in [0.29, 0.717) is 24.6 Å². The molecule has 0 aliphatic rings. The average molecular weight is 356 g/mol. The Kier molecular flexibility index (Phi) is 7.48. The fourth-order valence-electron chi connectivity index (χ4n) is 2.67. The minimum atomic E-state index is -0.0591. The van der Waals surface area contributed by atoms with Crippen LogP contribution in [0.5, 0.6) is 11.5 Å². The van der Waals surface area contributed by atoms with Crippen LogP contribution < -0.4 is 14.8 Å². The average Bonchev–Trinajstić information content (AvgIpc) is 2.60. The predicted molar refractivity (Wildman–Crippen MR) is 105 cm³/mol. The Labute approximate surface area is 155 Å². The van der Waals surface area contributed by atoms with E-state index >= 15 is 0 Å². The molecule has 26 heavy (non-hydrogen) atoms. The van der Waals surface area contributed by atoms with Gasteiger partial charge in [-0.05, 0) is 56.6 Å². The van der Waals surface area contributed by atoms with Gasteiger partial charge in [-0.15, -0.1) is 0 Å². The van der Waals surface area contributed by atoms with E-state index in [9.17, 15) is 4.79 Å². The van der Waals surface area contributed by atoms with Crippen molar-refractivity contribution in [2.24, 2.45) is 0 Å². The van der Waals surface area contributed by atoms with E-state index in [4.69, 9.17) is 9.47 Å². The van der Waals surface area contributed by atoms with Crippen LogP contribution >= 0.6 is 0 Å². The van der Waals surface area contributed by atoms with E-state index < -0.39 is 0 Å². The van der Waals surface area contributed by atoms with Crippen molar-refractivity contribution in [3.63, 3.8) is 0 Å². The van der Waals surface area contributed by atoms with Crippen molar-refractivity contribution in [1.29, 1.82) is 0 Å². The molecule has 0 spiro atoms. The zero-order chi connectivity index (χ0) is 18.9. The van der Waals surface area contributed by atoms with Crippen LogP contribution in [-0.4, -0.2) is 44.7 Å². The summed E-state index contributed by atoms with van der Waals surface area (Å²) >= 11 is 0. The molecule has 0 fully saturated rings. The molecule has 5 nitrogen and oxygen atoms in total. The molecular formula is C21H28N2O3. The van der Waals surface area contributed by atoms with Crippen molar-refractivity contribution < 1.29 is 14.3 Å². The first-order valence-corrected chi connectivity index (χ1v) is 8.81. The second-order valence-electron chi connectivity index (χ2n) is 6.46. The first kappa shape index (κ1) is 19.8. The Balaban J connectivity index is 1.74. The van der Waals surface area contributed by atoms with Gasteiger partial charge in [-0.3, -0.25) is 9.69 Å². The number of nitrogens with zero attached hydrogens (tertiary/aromatic N) is 1.